The van der Waals surface area contributed by atoms with Crippen molar-refractivity contribution in [3.8, 4) is 23.0 Å². The number of nitrogens with zero attached hydrogens (tertiary/aromatic N) is 2. The Morgan fingerprint density at radius 2 is 1.75 bits per heavy atom. The highest BCUT2D eigenvalue weighted by atomic mass is 16.5. The molecule has 0 saturated heterocycles. The van der Waals surface area contributed by atoms with Crippen LogP contribution in [-0.4, -0.2) is 16.1 Å². The van der Waals surface area contributed by atoms with Gasteiger partial charge in [-0.15, -0.1) is 5.10 Å². The summed E-state index contributed by atoms with van der Waals surface area (Å²) in [7, 11) is 0. The van der Waals surface area contributed by atoms with Gasteiger partial charge in [-0.25, -0.2) is 0 Å². The number of unbranched alkanes of at least 4 members (excludes halogenated alkanes) is 4. The van der Waals surface area contributed by atoms with Gasteiger partial charge in [0.1, 0.15) is 11.5 Å². The van der Waals surface area contributed by atoms with Crippen molar-refractivity contribution in [3.63, 3.8) is 0 Å². The van der Waals surface area contributed by atoms with Crippen LogP contribution < -0.4 is 10.1 Å². The van der Waals surface area contributed by atoms with Crippen LogP contribution in [0, 0.1) is 0 Å². The summed E-state index contributed by atoms with van der Waals surface area (Å²) in [4.78, 5) is 12.0. The van der Waals surface area contributed by atoms with E-state index in [1.807, 2.05) is 54.6 Å². The second kappa shape index (κ2) is 10.3. The maximum atomic E-state index is 12.0. The molecule has 0 bridgehead atoms. The number of carbonyl (C=O) groups is 1. The summed E-state index contributed by atoms with van der Waals surface area (Å²) < 4.78 is 11.4. The van der Waals surface area contributed by atoms with Crippen molar-refractivity contribution in [2.45, 2.75) is 45.4 Å². The number of nitrogens with one attached hydrogen (secondary N) is 1. The average molecular weight is 379 g/mol. The first-order valence-corrected chi connectivity index (χ1v) is 9.71. The Morgan fingerprint density at radius 1 is 0.964 bits per heavy atom. The summed E-state index contributed by atoms with van der Waals surface area (Å²) in [5.74, 6) is 1.64. The number of benzene rings is 2. The number of hydrogen-bond donors (Lipinski definition) is 1. The lowest BCUT2D eigenvalue weighted by Gasteiger charge is -2.06. The van der Waals surface area contributed by atoms with Crippen molar-refractivity contribution >= 4 is 11.9 Å². The van der Waals surface area contributed by atoms with Gasteiger partial charge in [-0.2, -0.15) is 0 Å². The van der Waals surface area contributed by atoms with Gasteiger partial charge >= 0.3 is 6.01 Å². The minimum Gasteiger partial charge on any atom is -0.457 e. The Balaban J connectivity index is 1.56. The van der Waals surface area contributed by atoms with Crippen molar-refractivity contribution < 1.29 is 13.9 Å². The highest BCUT2D eigenvalue weighted by Crippen LogP contribution is 2.27. The maximum absolute atomic E-state index is 12.0. The van der Waals surface area contributed by atoms with Gasteiger partial charge in [-0.3, -0.25) is 10.1 Å². The predicted octanol–water partition coefficient (Wildman–Crippen LogP) is 5.83. The largest absolute Gasteiger partial charge is 0.457 e. The van der Waals surface area contributed by atoms with Gasteiger partial charge in [0, 0.05) is 12.0 Å². The summed E-state index contributed by atoms with van der Waals surface area (Å²) in [6.45, 7) is 2.17. The second-order valence-electron chi connectivity index (χ2n) is 6.57. The van der Waals surface area contributed by atoms with Gasteiger partial charge in [0.2, 0.25) is 11.8 Å². The van der Waals surface area contributed by atoms with E-state index >= 15 is 0 Å². The fourth-order valence-electron chi connectivity index (χ4n) is 2.78. The van der Waals surface area contributed by atoms with Crippen LogP contribution in [0.5, 0.6) is 11.5 Å². The normalized spacial score (nSPS) is 10.6. The number of carbonyl (C=O) groups excluding carboxylic acids is 1. The molecular weight excluding hydrogens is 354 g/mol. The monoisotopic (exact) mass is 379 g/mol. The first-order chi connectivity index (χ1) is 13.7. The fourth-order valence-corrected chi connectivity index (χ4v) is 2.78. The van der Waals surface area contributed by atoms with Crippen LogP contribution in [0.1, 0.15) is 45.4 Å². The molecule has 28 heavy (non-hydrogen) atoms. The molecule has 0 aliphatic rings. The molecule has 0 unspecified atom stereocenters. The molecule has 0 spiro atoms. The average Bonchev–Trinajstić information content (AvgIpc) is 3.17. The molecule has 1 amide bonds. The van der Waals surface area contributed by atoms with Gasteiger partial charge in [0.25, 0.3) is 0 Å². The van der Waals surface area contributed by atoms with Crippen LogP contribution >= 0.6 is 0 Å². The second-order valence-corrected chi connectivity index (χ2v) is 6.57. The fraction of sp³-hybridized carbons (Fsp3) is 0.318. The number of hydrogen-bond acceptors (Lipinski definition) is 5. The number of amides is 1. The van der Waals surface area contributed by atoms with E-state index in [1.165, 1.54) is 12.8 Å². The molecule has 3 aromatic rings. The first kappa shape index (κ1) is 19.6. The van der Waals surface area contributed by atoms with E-state index in [-0.39, 0.29) is 11.9 Å². The molecule has 6 heteroatoms. The molecule has 0 aliphatic heterocycles. The van der Waals surface area contributed by atoms with Crippen LogP contribution in [0.25, 0.3) is 11.5 Å². The lowest BCUT2D eigenvalue weighted by atomic mass is 10.1. The van der Waals surface area contributed by atoms with Gasteiger partial charge in [0.15, 0.2) is 0 Å². The molecule has 0 atom stereocenters. The number of anilines is 1. The van der Waals surface area contributed by atoms with E-state index in [4.69, 9.17) is 9.15 Å². The summed E-state index contributed by atoms with van der Waals surface area (Å²) in [5, 5.41) is 10.6. The van der Waals surface area contributed by atoms with Crippen LogP contribution in [0.2, 0.25) is 0 Å². The van der Waals surface area contributed by atoms with E-state index in [2.05, 4.69) is 22.4 Å². The molecule has 0 radical (unpaired) electrons. The van der Waals surface area contributed by atoms with E-state index in [9.17, 15) is 4.79 Å². The third-order valence-electron chi connectivity index (χ3n) is 4.24. The Morgan fingerprint density at radius 3 is 2.57 bits per heavy atom. The van der Waals surface area contributed by atoms with Crippen LogP contribution in [0.4, 0.5) is 6.01 Å². The minimum atomic E-state index is -0.104. The summed E-state index contributed by atoms with van der Waals surface area (Å²) in [5.41, 5.74) is 0.723. The zero-order chi connectivity index (χ0) is 19.6. The molecule has 3 rings (SSSR count). The van der Waals surface area contributed by atoms with Crippen molar-refractivity contribution in [1.82, 2.24) is 10.2 Å². The Labute approximate surface area is 164 Å². The van der Waals surface area contributed by atoms with Crippen LogP contribution in [0.15, 0.2) is 59.0 Å². The molecule has 0 fully saturated rings. The summed E-state index contributed by atoms with van der Waals surface area (Å²) in [6, 6.07) is 17.0. The minimum absolute atomic E-state index is 0.104. The van der Waals surface area contributed by atoms with Crippen LogP contribution in [0.3, 0.4) is 0 Å². The molecule has 0 aliphatic carbocycles. The van der Waals surface area contributed by atoms with Crippen molar-refractivity contribution in [2.24, 2.45) is 0 Å². The molecule has 2 aromatic carbocycles. The van der Waals surface area contributed by atoms with E-state index < -0.39 is 0 Å². The van der Waals surface area contributed by atoms with Gasteiger partial charge in [-0.1, -0.05) is 62.0 Å². The summed E-state index contributed by atoms with van der Waals surface area (Å²) in [6.07, 6.45) is 5.95. The maximum Gasteiger partial charge on any atom is 0.322 e. The molecule has 1 N–H and O–H groups in total. The highest BCUT2D eigenvalue weighted by Gasteiger charge is 2.12. The quantitative estimate of drug-likeness (QED) is 0.449. The molecular formula is C22H25N3O3. The third kappa shape index (κ3) is 5.94. The third-order valence-corrected chi connectivity index (χ3v) is 4.24. The molecule has 1 heterocycles. The highest BCUT2D eigenvalue weighted by molar-refractivity contribution is 5.88. The lowest BCUT2D eigenvalue weighted by Crippen LogP contribution is -2.11. The van der Waals surface area contributed by atoms with Crippen molar-refractivity contribution in [2.75, 3.05) is 5.32 Å². The lowest BCUT2D eigenvalue weighted by molar-refractivity contribution is -0.116. The zero-order valence-electron chi connectivity index (χ0n) is 16.1. The SMILES string of the molecule is CCCCCCCC(=O)Nc1nnc(-c2cccc(Oc3ccccc3)c2)o1. The number of rotatable bonds is 10. The molecule has 146 valence electrons. The number of para-hydroxylation sites is 1. The Bertz CT molecular complexity index is 877. The molecule has 6 nitrogen and oxygen atoms in total. The Kier molecular flexibility index (Phi) is 7.18. The molecule has 1 aromatic heterocycles. The van der Waals surface area contributed by atoms with Gasteiger partial charge < -0.3 is 9.15 Å². The first-order valence-electron chi connectivity index (χ1n) is 9.71. The summed E-state index contributed by atoms with van der Waals surface area (Å²) >= 11 is 0. The smallest absolute Gasteiger partial charge is 0.322 e. The van der Waals surface area contributed by atoms with Gasteiger partial charge in [-0.05, 0) is 36.8 Å². The van der Waals surface area contributed by atoms with Crippen molar-refractivity contribution in [1.29, 1.82) is 0 Å². The van der Waals surface area contributed by atoms with E-state index in [0.717, 1.165) is 30.6 Å². The van der Waals surface area contributed by atoms with E-state index in [1.54, 1.807) is 0 Å². The van der Waals surface area contributed by atoms with Crippen molar-refractivity contribution in [3.05, 3.63) is 54.6 Å². The van der Waals surface area contributed by atoms with Gasteiger partial charge in [0.05, 0.1) is 0 Å². The predicted molar refractivity (Wildman–Crippen MR) is 108 cm³/mol. The Hall–Kier alpha value is -3.15. The molecule has 0 saturated carbocycles. The number of aromatic nitrogens is 2. The standard InChI is InChI=1S/C22H25N3O3/c1-2-3-4-5-9-15-20(26)23-22-25-24-21(28-22)17-11-10-14-19(16-17)27-18-12-7-6-8-13-18/h6-8,10-14,16H,2-5,9,15H2,1H3,(H,23,25,26). The van der Waals surface area contributed by atoms with Crippen LogP contribution in [-0.2, 0) is 4.79 Å². The number of ether oxygens (including phenoxy) is 1. The topological polar surface area (TPSA) is 77.2 Å². The van der Waals surface area contributed by atoms with E-state index in [0.29, 0.717) is 18.1 Å². The zero-order valence-corrected chi connectivity index (χ0v) is 16.1.